The molecule has 2 aromatic rings. The Morgan fingerprint density at radius 2 is 2.19 bits per heavy atom. The van der Waals surface area contributed by atoms with Gasteiger partial charge in [-0.25, -0.2) is 4.98 Å². The molecule has 0 aliphatic rings. The molecule has 0 fully saturated rings. The van der Waals surface area contributed by atoms with Crippen molar-refractivity contribution in [1.82, 2.24) is 4.98 Å². The molecule has 82 valence electrons. The highest BCUT2D eigenvalue weighted by Crippen LogP contribution is 2.34. The van der Waals surface area contributed by atoms with Crippen molar-refractivity contribution >= 4 is 29.4 Å². The summed E-state index contributed by atoms with van der Waals surface area (Å²) in [5.41, 5.74) is 1.90. The van der Waals surface area contributed by atoms with Crippen molar-refractivity contribution in [2.45, 2.75) is 23.0 Å². The second-order valence-electron chi connectivity index (χ2n) is 3.44. The van der Waals surface area contributed by atoms with Crippen LogP contribution in [0.1, 0.15) is 20.9 Å². The fourth-order valence-electron chi connectivity index (χ4n) is 1.30. The van der Waals surface area contributed by atoms with Crippen LogP contribution in [0.15, 0.2) is 33.5 Å². The van der Waals surface area contributed by atoms with Gasteiger partial charge in [-0.15, -0.1) is 11.3 Å². The molecule has 16 heavy (non-hydrogen) atoms. The zero-order valence-electron chi connectivity index (χ0n) is 9.06. The Bertz CT molecular complexity index is 519. The Kier molecular flexibility index (Phi) is 3.41. The lowest BCUT2D eigenvalue weighted by molar-refractivity contribution is 0.112. The van der Waals surface area contributed by atoms with E-state index in [0.29, 0.717) is 5.56 Å². The lowest BCUT2D eigenvalue weighted by Crippen LogP contribution is -1.84. The van der Waals surface area contributed by atoms with Crippen LogP contribution < -0.4 is 0 Å². The largest absolute Gasteiger partial charge is 0.298 e. The van der Waals surface area contributed by atoms with Crippen molar-refractivity contribution in [3.05, 3.63) is 40.5 Å². The fourth-order valence-corrected chi connectivity index (χ4v) is 3.34. The van der Waals surface area contributed by atoms with Crippen LogP contribution in [0.2, 0.25) is 0 Å². The van der Waals surface area contributed by atoms with Gasteiger partial charge in [-0.2, -0.15) is 0 Å². The van der Waals surface area contributed by atoms with Gasteiger partial charge in [-0.05, 0) is 25.5 Å². The molecular weight excluding hydrogens is 238 g/mol. The molecule has 0 N–H and O–H groups in total. The van der Waals surface area contributed by atoms with Crippen molar-refractivity contribution in [3.63, 3.8) is 0 Å². The minimum absolute atomic E-state index is 0.717. The van der Waals surface area contributed by atoms with Gasteiger partial charge in [0.1, 0.15) is 6.29 Å². The van der Waals surface area contributed by atoms with Crippen molar-refractivity contribution in [3.8, 4) is 0 Å². The molecule has 0 bridgehead atoms. The Hall–Kier alpha value is -1.13. The highest BCUT2D eigenvalue weighted by atomic mass is 32.2. The summed E-state index contributed by atoms with van der Waals surface area (Å²) in [5, 5.41) is 1.06. The minimum atomic E-state index is 0.717. The van der Waals surface area contributed by atoms with Crippen molar-refractivity contribution in [2.75, 3.05) is 0 Å². The summed E-state index contributed by atoms with van der Waals surface area (Å²) in [7, 11) is 0. The van der Waals surface area contributed by atoms with Crippen molar-refractivity contribution in [2.24, 2.45) is 0 Å². The summed E-state index contributed by atoms with van der Waals surface area (Å²) in [6, 6.07) is 5.73. The maximum absolute atomic E-state index is 10.7. The fraction of sp³-hybridized carbons (Fsp3) is 0.167. The molecule has 0 atom stereocenters. The molecule has 2 rings (SSSR count). The van der Waals surface area contributed by atoms with Crippen molar-refractivity contribution in [1.29, 1.82) is 0 Å². The third-order valence-corrected chi connectivity index (χ3v) is 4.33. The summed E-state index contributed by atoms with van der Waals surface area (Å²) in [5.74, 6) is 0. The van der Waals surface area contributed by atoms with Crippen LogP contribution in [-0.4, -0.2) is 11.3 Å². The molecule has 0 unspecified atom stereocenters. The number of aldehydes is 1. The highest BCUT2D eigenvalue weighted by molar-refractivity contribution is 8.01. The van der Waals surface area contributed by atoms with Crippen LogP contribution in [0.4, 0.5) is 0 Å². The zero-order valence-corrected chi connectivity index (χ0v) is 10.7. The standard InChI is InChI=1S/C12H11NOS2/c1-8-3-4-10(7-14)5-11(8)16-12-6-13-9(2)15-12/h3-7H,1-2H3. The maximum atomic E-state index is 10.7. The lowest BCUT2D eigenvalue weighted by atomic mass is 10.2. The molecule has 0 amide bonds. The van der Waals surface area contributed by atoms with Crippen LogP contribution in [0.25, 0.3) is 0 Å². The Labute approximate surface area is 103 Å². The zero-order chi connectivity index (χ0) is 11.5. The maximum Gasteiger partial charge on any atom is 0.150 e. The monoisotopic (exact) mass is 249 g/mol. The normalized spacial score (nSPS) is 10.4. The third-order valence-electron chi connectivity index (χ3n) is 2.16. The first-order valence-electron chi connectivity index (χ1n) is 4.85. The molecule has 1 aromatic carbocycles. The number of nitrogens with zero attached hydrogens (tertiary/aromatic N) is 1. The topological polar surface area (TPSA) is 30.0 Å². The van der Waals surface area contributed by atoms with E-state index in [2.05, 4.69) is 4.98 Å². The van der Waals surface area contributed by atoms with Gasteiger partial charge in [0.05, 0.1) is 15.4 Å². The number of thiazole rings is 1. The van der Waals surface area contributed by atoms with E-state index >= 15 is 0 Å². The molecule has 2 nitrogen and oxygen atoms in total. The van der Waals surface area contributed by atoms with E-state index in [9.17, 15) is 4.79 Å². The summed E-state index contributed by atoms with van der Waals surface area (Å²) in [6.45, 7) is 4.04. The number of hydrogen-bond donors (Lipinski definition) is 0. The van der Waals surface area contributed by atoms with Gasteiger partial charge in [-0.1, -0.05) is 23.9 Å². The Morgan fingerprint density at radius 3 is 2.81 bits per heavy atom. The second kappa shape index (κ2) is 4.80. The van der Waals surface area contributed by atoms with E-state index in [1.165, 1.54) is 5.56 Å². The van der Waals surface area contributed by atoms with Crippen LogP contribution >= 0.6 is 23.1 Å². The number of aryl methyl sites for hydroxylation is 2. The molecule has 0 aliphatic carbocycles. The number of carbonyl (C=O) groups is 1. The van der Waals surface area contributed by atoms with E-state index in [0.717, 1.165) is 20.4 Å². The summed E-state index contributed by atoms with van der Waals surface area (Å²) >= 11 is 3.33. The van der Waals surface area contributed by atoms with Crippen molar-refractivity contribution < 1.29 is 4.79 Å². The van der Waals surface area contributed by atoms with Crippen LogP contribution in [-0.2, 0) is 0 Å². The predicted molar refractivity (Wildman–Crippen MR) is 67.5 cm³/mol. The molecule has 0 radical (unpaired) electrons. The van der Waals surface area contributed by atoms with Gasteiger partial charge >= 0.3 is 0 Å². The number of rotatable bonds is 3. The van der Waals surface area contributed by atoms with Gasteiger partial charge in [0.15, 0.2) is 0 Å². The molecule has 1 heterocycles. The third kappa shape index (κ3) is 2.51. The number of carbonyl (C=O) groups excluding carboxylic acids is 1. The van der Waals surface area contributed by atoms with Crippen LogP contribution in [0.5, 0.6) is 0 Å². The lowest BCUT2D eigenvalue weighted by Gasteiger charge is -2.03. The molecular formula is C12H11NOS2. The quantitative estimate of drug-likeness (QED) is 0.776. The van der Waals surface area contributed by atoms with Gasteiger partial charge < -0.3 is 0 Å². The predicted octanol–water partition coefficient (Wildman–Crippen LogP) is 3.72. The summed E-state index contributed by atoms with van der Waals surface area (Å²) < 4.78 is 1.16. The number of hydrogen-bond acceptors (Lipinski definition) is 4. The Balaban J connectivity index is 2.29. The van der Waals surface area contributed by atoms with Gasteiger partial charge in [0, 0.05) is 10.5 Å². The molecule has 0 aliphatic heterocycles. The summed E-state index contributed by atoms with van der Waals surface area (Å²) in [6.07, 6.45) is 2.75. The molecule has 1 aromatic heterocycles. The number of aromatic nitrogens is 1. The van der Waals surface area contributed by atoms with E-state index in [-0.39, 0.29) is 0 Å². The smallest absolute Gasteiger partial charge is 0.150 e. The van der Waals surface area contributed by atoms with E-state index in [4.69, 9.17) is 0 Å². The SMILES string of the molecule is Cc1ncc(Sc2cc(C=O)ccc2C)s1. The minimum Gasteiger partial charge on any atom is -0.298 e. The summed E-state index contributed by atoms with van der Waals surface area (Å²) in [4.78, 5) is 16.0. The van der Waals surface area contributed by atoms with E-state index in [1.807, 2.05) is 38.2 Å². The first-order chi connectivity index (χ1) is 7.69. The number of benzene rings is 1. The average molecular weight is 249 g/mol. The van der Waals surface area contributed by atoms with Crippen LogP contribution in [0.3, 0.4) is 0 Å². The van der Waals surface area contributed by atoms with Gasteiger partial charge in [0.2, 0.25) is 0 Å². The highest BCUT2D eigenvalue weighted by Gasteiger charge is 2.05. The molecule has 4 heteroatoms. The second-order valence-corrected chi connectivity index (χ2v) is 6.02. The van der Waals surface area contributed by atoms with Gasteiger partial charge in [-0.3, -0.25) is 4.79 Å². The molecule has 0 spiro atoms. The average Bonchev–Trinajstić information content (AvgIpc) is 2.67. The first-order valence-corrected chi connectivity index (χ1v) is 6.48. The van der Waals surface area contributed by atoms with E-state index in [1.54, 1.807) is 23.1 Å². The first kappa shape index (κ1) is 11.4. The van der Waals surface area contributed by atoms with Gasteiger partial charge in [0.25, 0.3) is 0 Å². The van der Waals surface area contributed by atoms with Crippen LogP contribution in [0, 0.1) is 13.8 Å². The van der Waals surface area contributed by atoms with E-state index < -0.39 is 0 Å². The molecule has 0 saturated carbocycles. The molecule has 0 saturated heterocycles. The Morgan fingerprint density at radius 1 is 1.38 bits per heavy atom.